The lowest BCUT2D eigenvalue weighted by Gasteiger charge is -2.07. The smallest absolute Gasteiger partial charge is 0.360 e. The molecular formula is C33H29Cl3F6N12O4. The van der Waals surface area contributed by atoms with E-state index in [1.165, 1.54) is 23.2 Å². The van der Waals surface area contributed by atoms with E-state index in [0.717, 1.165) is 35.9 Å². The normalized spacial score (nSPS) is 11.0. The van der Waals surface area contributed by atoms with E-state index in [0.29, 0.717) is 17.7 Å². The van der Waals surface area contributed by atoms with Crippen LogP contribution >= 0.6 is 34.8 Å². The Hall–Kier alpha value is -5.97. The molecule has 0 radical (unpaired) electrons. The predicted octanol–water partition coefficient (Wildman–Crippen LogP) is 8.96. The second-order valence-electron chi connectivity index (χ2n) is 11.3. The van der Waals surface area contributed by atoms with Crippen molar-refractivity contribution in [3.05, 3.63) is 132 Å². The summed E-state index contributed by atoms with van der Waals surface area (Å²) in [6, 6.07) is 13.5. The van der Waals surface area contributed by atoms with Crippen LogP contribution in [0.15, 0.2) is 73.3 Å². The van der Waals surface area contributed by atoms with Crippen LogP contribution in [-0.2, 0) is 39.5 Å². The molecule has 0 saturated carbocycles. The van der Waals surface area contributed by atoms with Crippen LogP contribution in [0.5, 0.6) is 0 Å². The first-order valence-electron chi connectivity index (χ1n) is 15.5. The molecule has 25 heteroatoms. The zero-order valence-electron chi connectivity index (χ0n) is 28.9. The lowest BCUT2D eigenvalue weighted by atomic mass is 10.1. The van der Waals surface area contributed by atoms with Crippen molar-refractivity contribution < 1.29 is 36.2 Å². The van der Waals surface area contributed by atoms with Crippen molar-refractivity contribution in [1.29, 1.82) is 0 Å². The first-order chi connectivity index (χ1) is 26.7. The van der Waals surface area contributed by atoms with E-state index in [-0.39, 0.29) is 58.5 Å². The van der Waals surface area contributed by atoms with Crippen LogP contribution < -0.4 is 11.1 Å². The van der Waals surface area contributed by atoms with Gasteiger partial charge in [-0.15, -0.1) is 0 Å². The third-order valence-electron chi connectivity index (χ3n) is 7.28. The number of benzene rings is 2. The second-order valence-corrected chi connectivity index (χ2v) is 12.3. The number of imidazole rings is 2. The van der Waals surface area contributed by atoms with E-state index in [4.69, 9.17) is 40.5 Å². The minimum Gasteiger partial charge on any atom is -0.360 e. The minimum atomic E-state index is -4.52. The summed E-state index contributed by atoms with van der Waals surface area (Å²) in [5.74, 6) is 0.420. The molecule has 0 spiro atoms. The van der Waals surface area contributed by atoms with Gasteiger partial charge in [-0.1, -0.05) is 67.6 Å². The van der Waals surface area contributed by atoms with Gasteiger partial charge >= 0.3 is 23.7 Å². The molecule has 0 aliphatic rings. The van der Waals surface area contributed by atoms with Gasteiger partial charge in [0.2, 0.25) is 21.5 Å². The van der Waals surface area contributed by atoms with Gasteiger partial charge in [0, 0.05) is 50.7 Å². The van der Waals surface area contributed by atoms with Crippen molar-refractivity contribution in [3.8, 4) is 22.8 Å². The lowest BCUT2D eigenvalue weighted by molar-refractivity contribution is -0.385. The summed E-state index contributed by atoms with van der Waals surface area (Å²) >= 11 is 16.3. The van der Waals surface area contributed by atoms with Crippen LogP contribution in [0, 0.1) is 20.2 Å². The van der Waals surface area contributed by atoms with Crippen LogP contribution in [0.25, 0.3) is 22.8 Å². The summed E-state index contributed by atoms with van der Waals surface area (Å²) in [6.07, 6.45) is -5.09. The number of hydrogen-bond acceptors (Lipinski definition) is 12. The van der Waals surface area contributed by atoms with Crippen LogP contribution in [0.3, 0.4) is 0 Å². The Balaban J connectivity index is 0.000000256. The fourth-order valence-corrected chi connectivity index (χ4v) is 5.07. The molecule has 58 heavy (non-hydrogen) atoms. The molecule has 0 saturated heterocycles. The van der Waals surface area contributed by atoms with Gasteiger partial charge in [0.05, 0.1) is 9.85 Å². The van der Waals surface area contributed by atoms with Crippen LogP contribution in [0.1, 0.15) is 29.9 Å². The number of aromatic nitrogens is 8. The van der Waals surface area contributed by atoms with E-state index < -0.39 is 33.6 Å². The maximum Gasteiger partial charge on any atom is 0.434 e. The van der Waals surface area contributed by atoms with Gasteiger partial charge in [-0.25, -0.2) is 19.9 Å². The van der Waals surface area contributed by atoms with Gasteiger partial charge < -0.3 is 20.2 Å². The molecule has 0 fully saturated rings. The Morgan fingerprint density at radius 2 is 1.10 bits per heavy atom. The van der Waals surface area contributed by atoms with Gasteiger partial charge in [-0.05, 0) is 34.3 Å². The van der Waals surface area contributed by atoms with E-state index in [1.807, 2.05) is 0 Å². The second kappa shape index (κ2) is 19.5. The number of halogens is 9. The number of nitrogens with two attached hydrogens (primary N) is 1. The summed E-state index contributed by atoms with van der Waals surface area (Å²) < 4.78 is 78.6. The molecule has 0 amide bonds. The Kier molecular flexibility index (Phi) is 15.6. The monoisotopic (exact) mass is 876 g/mol. The fraction of sp³-hybridized carbons (Fsp3) is 0.212. The van der Waals surface area contributed by atoms with Crippen LogP contribution in [0.2, 0.25) is 15.7 Å². The van der Waals surface area contributed by atoms with Crippen molar-refractivity contribution in [3.63, 3.8) is 0 Å². The SMILES string of the molecule is C.Cn1cc(C(F)(F)F)nc1-c1ccc(CN)cc1.Cn1cc(C(F)(F)F)nc1-c1ccc(CNc2nc(Cl)ncc2[N+](=O)[O-])cc1.O=[N+]([O-])c1cnc(Cl)nc1Cl. The molecule has 4 aromatic heterocycles. The first kappa shape index (κ1) is 46.4. The zero-order chi connectivity index (χ0) is 42.2. The molecule has 0 unspecified atom stereocenters. The van der Waals surface area contributed by atoms with Crippen molar-refractivity contribution in [2.24, 2.45) is 19.8 Å². The van der Waals surface area contributed by atoms with Gasteiger partial charge in [0.25, 0.3) is 0 Å². The Labute approximate surface area is 339 Å². The van der Waals surface area contributed by atoms with E-state index >= 15 is 0 Å². The number of nitrogens with zero attached hydrogens (tertiary/aromatic N) is 10. The largest absolute Gasteiger partial charge is 0.434 e. The van der Waals surface area contributed by atoms with E-state index in [9.17, 15) is 46.6 Å². The number of alkyl halides is 6. The van der Waals surface area contributed by atoms with Crippen LogP contribution in [0.4, 0.5) is 43.5 Å². The highest BCUT2D eigenvalue weighted by atomic mass is 35.5. The van der Waals surface area contributed by atoms with E-state index in [2.05, 4.69) is 35.2 Å². The summed E-state index contributed by atoms with van der Waals surface area (Å²) in [5.41, 5.74) is 5.70. The maximum absolute atomic E-state index is 12.8. The average Bonchev–Trinajstić information content (AvgIpc) is 3.74. The van der Waals surface area contributed by atoms with Crippen molar-refractivity contribution in [2.75, 3.05) is 5.32 Å². The molecule has 3 N–H and O–H groups in total. The first-order valence-corrected chi connectivity index (χ1v) is 16.6. The zero-order valence-corrected chi connectivity index (χ0v) is 31.2. The molecule has 4 heterocycles. The summed E-state index contributed by atoms with van der Waals surface area (Å²) in [6.45, 7) is 0.581. The van der Waals surface area contributed by atoms with Gasteiger partial charge in [-0.2, -0.15) is 36.3 Å². The molecule has 6 aromatic rings. The lowest BCUT2D eigenvalue weighted by Crippen LogP contribution is -2.06. The molecule has 6 rings (SSSR count). The third kappa shape index (κ3) is 12.3. The van der Waals surface area contributed by atoms with Gasteiger partial charge in [-0.3, -0.25) is 20.2 Å². The highest BCUT2D eigenvalue weighted by Gasteiger charge is 2.35. The van der Waals surface area contributed by atoms with Crippen molar-refractivity contribution in [2.45, 2.75) is 32.9 Å². The molecule has 0 aliphatic heterocycles. The van der Waals surface area contributed by atoms with Crippen molar-refractivity contribution >= 4 is 52.0 Å². The molecule has 16 nitrogen and oxygen atoms in total. The molecule has 0 bridgehead atoms. The Morgan fingerprint density at radius 3 is 1.48 bits per heavy atom. The van der Waals surface area contributed by atoms with Crippen molar-refractivity contribution in [1.82, 2.24) is 39.0 Å². The molecule has 0 atom stereocenters. The number of aryl methyl sites for hydroxylation is 2. The summed E-state index contributed by atoms with van der Waals surface area (Å²) in [5, 5.41) is 23.4. The highest BCUT2D eigenvalue weighted by molar-refractivity contribution is 6.33. The van der Waals surface area contributed by atoms with Gasteiger partial charge in [0.1, 0.15) is 24.0 Å². The molecule has 0 aliphatic carbocycles. The topological polar surface area (TPSA) is 212 Å². The highest BCUT2D eigenvalue weighted by Crippen LogP contribution is 2.32. The quantitative estimate of drug-likeness (QED) is 0.0482. The fourth-order valence-electron chi connectivity index (χ4n) is 4.56. The summed E-state index contributed by atoms with van der Waals surface area (Å²) in [4.78, 5) is 41.2. The number of nitrogens with one attached hydrogen (secondary N) is 1. The minimum absolute atomic E-state index is 0. The summed E-state index contributed by atoms with van der Waals surface area (Å²) in [7, 11) is 3.01. The maximum atomic E-state index is 12.8. The number of anilines is 1. The van der Waals surface area contributed by atoms with Gasteiger partial charge in [0.15, 0.2) is 11.4 Å². The van der Waals surface area contributed by atoms with Crippen LogP contribution in [-0.4, -0.2) is 48.9 Å². The number of rotatable bonds is 8. The number of hydrogen-bond donors (Lipinski definition) is 2. The van der Waals surface area contributed by atoms with E-state index in [1.54, 1.807) is 48.5 Å². The average molecular weight is 878 g/mol. The predicted molar refractivity (Wildman–Crippen MR) is 202 cm³/mol. The number of nitro groups is 2. The Morgan fingerprint density at radius 1 is 0.690 bits per heavy atom. The molecule has 2 aromatic carbocycles. The standard InChI is InChI=1S/C16H12ClF3N6O2.C12H12F3N3.C4HCl2N3O2.CH4/c1-25-8-12(16(18,19)20)23-14(25)10-4-2-9(3-5-10)6-21-13-11(26(27)28)7-22-15(17)24-13;1-18-7-10(12(13,14)15)17-11(18)9-4-2-8(6-16)3-5-9;5-3-2(9(10)11)1-7-4(6)8-3;/h2-5,7-8H,6H2,1H3,(H,21,22,24);2-5,7H,6,16H2,1H3;1H;1H4. The molecule has 308 valence electrons. The molecular weight excluding hydrogens is 849 g/mol. The Bertz CT molecular complexity index is 2360. The third-order valence-corrected chi connectivity index (χ3v) is 7.92.